The molecule has 1 amide bonds. The monoisotopic (exact) mass is 239 g/mol. The molecule has 98 valence electrons. The van der Waals surface area contributed by atoms with Gasteiger partial charge in [-0.2, -0.15) is 0 Å². The molecule has 1 N–H and O–H groups in total. The lowest BCUT2D eigenvalue weighted by molar-refractivity contribution is -0.118. The molecule has 0 aromatic rings. The zero-order valence-electron chi connectivity index (χ0n) is 11.6. The van der Waals surface area contributed by atoms with E-state index in [-0.39, 0.29) is 11.9 Å². The Balaban J connectivity index is 4.38. The summed E-state index contributed by atoms with van der Waals surface area (Å²) in [5, 5.41) is 2.99. The fourth-order valence-corrected chi connectivity index (χ4v) is 1.55. The SMILES string of the molecule is CC=CC=C(C)C(=O)NC(COC)CC(C)C. The second-order valence-electron chi connectivity index (χ2n) is 4.63. The van der Waals surface area contributed by atoms with Gasteiger partial charge in [0.05, 0.1) is 12.6 Å². The molecule has 0 bridgehead atoms. The summed E-state index contributed by atoms with van der Waals surface area (Å²) in [4.78, 5) is 11.8. The van der Waals surface area contributed by atoms with Crippen LogP contribution < -0.4 is 5.32 Å². The molecule has 0 aliphatic rings. The first-order valence-corrected chi connectivity index (χ1v) is 6.10. The highest BCUT2D eigenvalue weighted by molar-refractivity contribution is 5.93. The second kappa shape index (κ2) is 8.99. The number of carbonyl (C=O) groups excluding carboxylic acids is 1. The van der Waals surface area contributed by atoms with Gasteiger partial charge in [-0.25, -0.2) is 0 Å². The number of hydrogen-bond acceptors (Lipinski definition) is 2. The first-order valence-electron chi connectivity index (χ1n) is 6.10. The zero-order valence-corrected chi connectivity index (χ0v) is 11.6. The van der Waals surface area contributed by atoms with Crippen LogP contribution in [0.4, 0.5) is 0 Å². The summed E-state index contributed by atoms with van der Waals surface area (Å²) in [7, 11) is 1.65. The fourth-order valence-electron chi connectivity index (χ4n) is 1.55. The number of hydrogen-bond donors (Lipinski definition) is 1. The Morgan fingerprint density at radius 3 is 2.53 bits per heavy atom. The third-order valence-corrected chi connectivity index (χ3v) is 2.36. The predicted octanol–water partition coefficient (Wildman–Crippen LogP) is 2.69. The molecule has 3 heteroatoms. The zero-order chi connectivity index (χ0) is 13.3. The molecule has 0 aliphatic heterocycles. The number of nitrogens with one attached hydrogen (secondary N) is 1. The van der Waals surface area contributed by atoms with Gasteiger partial charge < -0.3 is 10.1 Å². The minimum atomic E-state index is -0.0224. The van der Waals surface area contributed by atoms with E-state index < -0.39 is 0 Å². The van der Waals surface area contributed by atoms with Crippen molar-refractivity contribution in [1.82, 2.24) is 5.32 Å². The summed E-state index contributed by atoms with van der Waals surface area (Å²) in [5.41, 5.74) is 0.716. The maximum Gasteiger partial charge on any atom is 0.247 e. The highest BCUT2D eigenvalue weighted by Gasteiger charge is 2.14. The molecule has 1 atom stereocenters. The summed E-state index contributed by atoms with van der Waals surface area (Å²) >= 11 is 0. The molecule has 0 aromatic heterocycles. The van der Waals surface area contributed by atoms with Crippen molar-refractivity contribution in [3.05, 3.63) is 23.8 Å². The molecule has 3 nitrogen and oxygen atoms in total. The van der Waals surface area contributed by atoms with Crippen molar-refractivity contribution in [2.24, 2.45) is 5.92 Å². The third-order valence-electron chi connectivity index (χ3n) is 2.36. The van der Waals surface area contributed by atoms with Crippen LogP contribution in [-0.2, 0) is 9.53 Å². The van der Waals surface area contributed by atoms with E-state index >= 15 is 0 Å². The Bertz CT molecular complexity index is 280. The quantitative estimate of drug-likeness (QED) is 0.548. The second-order valence-corrected chi connectivity index (χ2v) is 4.63. The van der Waals surface area contributed by atoms with Crippen LogP contribution in [0.5, 0.6) is 0 Å². The Labute approximate surface area is 105 Å². The molecule has 0 radical (unpaired) electrons. The Morgan fingerprint density at radius 2 is 2.06 bits per heavy atom. The van der Waals surface area contributed by atoms with Gasteiger partial charge in [0, 0.05) is 12.7 Å². The number of ether oxygens (including phenoxy) is 1. The summed E-state index contributed by atoms with van der Waals surface area (Å²) in [6.45, 7) is 8.57. The molecule has 0 saturated carbocycles. The number of methoxy groups -OCH3 is 1. The van der Waals surface area contributed by atoms with E-state index in [1.807, 2.05) is 32.1 Å². The van der Waals surface area contributed by atoms with E-state index in [9.17, 15) is 4.79 Å². The highest BCUT2D eigenvalue weighted by Crippen LogP contribution is 2.06. The number of carbonyl (C=O) groups is 1. The molecule has 17 heavy (non-hydrogen) atoms. The van der Waals surface area contributed by atoms with Gasteiger partial charge in [0.1, 0.15) is 0 Å². The van der Waals surface area contributed by atoms with Crippen LogP contribution in [0.25, 0.3) is 0 Å². The van der Waals surface area contributed by atoms with Gasteiger partial charge in [0.15, 0.2) is 0 Å². The Morgan fingerprint density at radius 1 is 1.41 bits per heavy atom. The topological polar surface area (TPSA) is 38.3 Å². The van der Waals surface area contributed by atoms with Crippen LogP contribution >= 0.6 is 0 Å². The molecule has 0 aromatic carbocycles. The van der Waals surface area contributed by atoms with Crippen molar-refractivity contribution in [2.75, 3.05) is 13.7 Å². The van der Waals surface area contributed by atoms with Gasteiger partial charge in [0.25, 0.3) is 0 Å². The summed E-state index contributed by atoms with van der Waals surface area (Å²) < 4.78 is 5.12. The number of amides is 1. The molecule has 0 spiro atoms. The molecular weight excluding hydrogens is 214 g/mol. The van der Waals surface area contributed by atoms with E-state index in [1.54, 1.807) is 7.11 Å². The highest BCUT2D eigenvalue weighted by atomic mass is 16.5. The van der Waals surface area contributed by atoms with Crippen LogP contribution in [0.15, 0.2) is 23.8 Å². The van der Waals surface area contributed by atoms with Crippen LogP contribution in [0.2, 0.25) is 0 Å². The molecule has 0 fully saturated rings. The number of allylic oxidation sites excluding steroid dienone is 3. The average molecular weight is 239 g/mol. The maximum absolute atomic E-state index is 11.8. The summed E-state index contributed by atoms with van der Waals surface area (Å²) in [5.74, 6) is 0.515. The van der Waals surface area contributed by atoms with E-state index in [0.29, 0.717) is 18.1 Å². The van der Waals surface area contributed by atoms with Gasteiger partial charge in [0.2, 0.25) is 5.91 Å². The summed E-state index contributed by atoms with van der Waals surface area (Å²) in [6.07, 6.45) is 6.51. The van der Waals surface area contributed by atoms with Crippen molar-refractivity contribution in [1.29, 1.82) is 0 Å². The van der Waals surface area contributed by atoms with Crippen molar-refractivity contribution >= 4 is 5.91 Å². The van der Waals surface area contributed by atoms with Crippen molar-refractivity contribution < 1.29 is 9.53 Å². The van der Waals surface area contributed by atoms with Crippen LogP contribution in [0.3, 0.4) is 0 Å². The third kappa shape index (κ3) is 7.75. The first kappa shape index (κ1) is 15.9. The van der Waals surface area contributed by atoms with Crippen LogP contribution in [0.1, 0.15) is 34.1 Å². The average Bonchev–Trinajstić information content (AvgIpc) is 2.25. The van der Waals surface area contributed by atoms with Crippen molar-refractivity contribution in [2.45, 2.75) is 40.2 Å². The van der Waals surface area contributed by atoms with Crippen LogP contribution in [-0.4, -0.2) is 25.7 Å². The van der Waals surface area contributed by atoms with Crippen LogP contribution in [0, 0.1) is 5.92 Å². The molecule has 1 unspecified atom stereocenters. The van der Waals surface area contributed by atoms with E-state index in [0.717, 1.165) is 6.42 Å². The van der Waals surface area contributed by atoms with Gasteiger partial charge in [-0.05, 0) is 26.2 Å². The standard InChI is InChI=1S/C14H25NO2/c1-6-7-8-12(4)14(16)15-13(10-17-5)9-11(2)3/h6-8,11,13H,9-10H2,1-5H3,(H,15,16). The van der Waals surface area contributed by atoms with Crippen molar-refractivity contribution in [3.8, 4) is 0 Å². The van der Waals surface area contributed by atoms with E-state index in [4.69, 9.17) is 4.74 Å². The van der Waals surface area contributed by atoms with Gasteiger partial charge >= 0.3 is 0 Å². The van der Waals surface area contributed by atoms with Gasteiger partial charge in [-0.3, -0.25) is 4.79 Å². The van der Waals surface area contributed by atoms with Gasteiger partial charge in [-0.1, -0.05) is 32.1 Å². The van der Waals surface area contributed by atoms with Gasteiger partial charge in [-0.15, -0.1) is 0 Å². The van der Waals surface area contributed by atoms with E-state index in [2.05, 4.69) is 19.2 Å². The Kier molecular flexibility index (Phi) is 8.42. The largest absolute Gasteiger partial charge is 0.383 e. The predicted molar refractivity (Wildman–Crippen MR) is 71.8 cm³/mol. The minimum Gasteiger partial charge on any atom is -0.383 e. The molecular formula is C14H25NO2. The lowest BCUT2D eigenvalue weighted by Gasteiger charge is -2.19. The normalized spacial score (nSPS) is 14.4. The smallest absolute Gasteiger partial charge is 0.247 e. The lowest BCUT2D eigenvalue weighted by Crippen LogP contribution is -2.39. The molecule has 0 rings (SSSR count). The molecule has 0 heterocycles. The van der Waals surface area contributed by atoms with Crippen molar-refractivity contribution in [3.63, 3.8) is 0 Å². The fraction of sp³-hybridized carbons (Fsp3) is 0.643. The number of rotatable bonds is 7. The maximum atomic E-state index is 11.8. The molecule has 0 saturated heterocycles. The first-order chi connectivity index (χ1) is 8.01. The van der Waals surface area contributed by atoms with E-state index in [1.165, 1.54) is 0 Å². The lowest BCUT2D eigenvalue weighted by atomic mass is 10.0. The summed E-state index contributed by atoms with van der Waals surface area (Å²) in [6, 6.07) is 0.0847. The Hall–Kier alpha value is -1.09. The molecule has 0 aliphatic carbocycles. The minimum absolute atomic E-state index is 0.0224.